The van der Waals surface area contributed by atoms with E-state index in [0.717, 1.165) is 12.0 Å². The van der Waals surface area contributed by atoms with Crippen molar-refractivity contribution in [1.29, 1.82) is 0 Å². The summed E-state index contributed by atoms with van der Waals surface area (Å²) in [5, 5.41) is 0. The Kier molecular flexibility index (Phi) is 7.15. The third-order valence-electron chi connectivity index (χ3n) is 3.13. The minimum Gasteiger partial charge on any atom is -0.329 e. The van der Waals surface area contributed by atoms with Gasteiger partial charge in [-0.05, 0) is 18.4 Å². The van der Waals surface area contributed by atoms with Crippen molar-refractivity contribution in [3.63, 3.8) is 0 Å². The monoisotopic (exact) mass is 299 g/mol. The van der Waals surface area contributed by atoms with Crippen LogP contribution in [-0.2, 0) is 16.6 Å². The fourth-order valence-electron chi connectivity index (χ4n) is 2.01. The van der Waals surface area contributed by atoms with E-state index in [1.165, 1.54) is 8.61 Å². The van der Waals surface area contributed by atoms with Crippen LogP contribution in [0.3, 0.4) is 0 Å². The third-order valence-corrected chi connectivity index (χ3v) is 5.12. The zero-order valence-electron chi connectivity index (χ0n) is 12.3. The quantitative estimate of drug-likeness (QED) is 0.742. The van der Waals surface area contributed by atoms with Crippen LogP contribution >= 0.6 is 0 Å². The molecule has 5 nitrogen and oxygen atoms in total. The van der Waals surface area contributed by atoms with Crippen LogP contribution in [0, 0.1) is 0 Å². The van der Waals surface area contributed by atoms with E-state index in [2.05, 4.69) is 0 Å². The van der Waals surface area contributed by atoms with Crippen molar-refractivity contribution in [1.82, 2.24) is 8.61 Å². The highest BCUT2D eigenvalue weighted by Crippen LogP contribution is 2.09. The molecule has 0 heterocycles. The molecule has 0 bridgehead atoms. The van der Waals surface area contributed by atoms with E-state index >= 15 is 0 Å². The molecular weight excluding hydrogens is 274 g/mol. The largest absolute Gasteiger partial charge is 0.329 e. The predicted molar refractivity (Wildman–Crippen MR) is 82.6 cm³/mol. The van der Waals surface area contributed by atoms with Crippen LogP contribution in [0.15, 0.2) is 30.3 Å². The predicted octanol–water partition coefficient (Wildman–Crippen LogP) is 1.08. The Hall–Kier alpha value is -0.950. The molecule has 2 N–H and O–H groups in total. The van der Waals surface area contributed by atoms with Crippen LogP contribution in [0.25, 0.3) is 0 Å². The smallest absolute Gasteiger partial charge is 0.281 e. The summed E-state index contributed by atoms with van der Waals surface area (Å²) in [7, 11) is -1.79. The van der Waals surface area contributed by atoms with Gasteiger partial charge in [0.2, 0.25) is 0 Å². The van der Waals surface area contributed by atoms with E-state index in [-0.39, 0.29) is 0 Å². The van der Waals surface area contributed by atoms with Gasteiger partial charge in [0.15, 0.2) is 0 Å². The van der Waals surface area contributed by atoms with Crippen LogP contribution in [0.1, 0.15) is 18.9 Å². The summed E-state index contributed by atoms with van der Waals surface area (Å²) < 4.78 is 27.7. The fourth-order valence-corrected chi connectivity index (χ4v) is 3.48. The van der Waals surface area contributed by atoms with Crippen molar-refractivity contribution in [2.75, 3.05) is 33.2 Å². The number of benzene rings is 1. The Balaban J connectivity index is 2.73. The second-order valence-corrected chi connectivity index (χ2v) is 6.79. The number of nitrogens with zero attached hydrogens (tertiary/aromatic N) is 2. The molecule has 0 atom stereocenters. The molecule has 1 aromatic rings. The van der Waals surface area contributed by atoms with Gasteiger partial charge in [0.25, 0.3) is 10.2 Å². The highest BCUT2D eigenvalue weighted by atomic mass is 32.2. The topological polar surface area (TPSA) is 66.6 Å². The minimum atomic E-state index is -3.41. The molecule has 0 fully saturated rings. The van der Waals surface area contributed by atoms with Crippen molar-refractivity contribution in [3.8, 4) is 0 Å². The molecular formula is C14H25N3O2S. The maximum Gasteiger partial charge on any atom is 0.281 e. The van der Waals surface area contributed by atoms with E-state index in [4.69, 9.17) is 5.73 Å². The highest BCUT2D eigenvalue weighted by molar-refractivity contribution is 7.86. The van der Waals surface area contributed by atoms with Gasteiger partial charge in [-0.2, -0.15) is 17.0 Å². The van der Waals surface area contributed by atoms with Crippen LogP contribution in [0.2, 0.25) is 0 Å². The lowest BCUT2D eigenvalue weighted by Crippen LogP contribution is -2.45. The summed E-state index contributed by atoms with van der Waals surface area (Å²) in [5.74, 6) is 0. The molecule has 1 aromatic carbocycles. The fraction of sp³-hybridized carbons (Fsp3) is 0.571. The van der Waals surface area contributed by atoms with E-state index < -0.39 is 10.2 Å². The molecule has 114 valence electrons. The van der Waals surface area contributed by atoms with Crippen molar-refractivity contribution in [2.45, 2.75) is 19.8 Å². The van der Waals surface area contributed by atoms with Gasteiger partial charge in [-0.1, -0.05) is 37.3 Å². The van der Waals surface area contributed by atoms with Gasteiger partial charge < -0.3 is 5.73 Å². The van der Waals surface area contributed by atoms with Gasteiger partial charge in [0, 0.05) is 33.2 Å². The molecule has 0 aliphatic carbocycles. The van der Waals surface area contributed by atoms with Crippen molar-refractivity contribution >= 4 is 10.2 Å². The Labute approximate surface area is 122 Å². The standard InChI is InChI=1S/C14H25N3O2S/c1-3-11-16(2)20(18,19)17(13-10-15)12-9-14-7-5-4-6-8-14/h4-8H,3,9-13,15H2,1-2H3. The SMILES string of the molecule is CCCN(C)S(=O)(=O)N(CCN)CCc1ccccc1. The molecule has 0 aromatic heterocycles. The number of hydrogen-bond acceptors (Lipinski definition) is 3. The first-order valence-electron chi connectivity index (χ1n) is 6.97. The van der Waals surface area contributed by atoms with Gasteiger partial charge in [-0.3, -0.25) is 0 Å². The first-order chi connectivity index (χ1) is 9.52. The Bertz CT molecular complexity index is 476. The van der Waals surface area contributed by atoms with E-state index in [1.54, 1.807) is 7.05 Å². The Morgan fingerprint density at radius 1 is 1.10 bits per heavy atom. The summed E-state index contributed by atoms with van der Waals surface area (Å²) >= 11 is 0. The normalized spacial score (nSPS) is 12.2. The van der Waals surface area contributed by atoms with Crippen molar-refractivity contribution in [2.24, 2.45) is 5.73 Å². The summed E-state index contributed by atoms with van der Waals surface area (Å²) in [5.41, 5.74) is 6.67. The van der Waals surface area contributed by atoms with Crippen molar-refractivity contribution < 1.29 is 8.42 Å². The summed E-state index contributed by atoms with van der Waals surface area (Å²) in [6.45, 7) is 3.62. The summed E-state index contributed by atoms with van der Waals surface area (Å²) in [6, 6.07) is 9.87. The minimum absolute atomic E-state index is 0.327. The lowest BCUT2D eigenvalue weighted by molar-refractivity contribution is 0.364. The maximum atomic E-state index is 12.4. The molecule has 0 aliphatic rings. The Morgan fingerprint density at radius 3 is 2.30 bits per heavy atom. The van der Waals surface area contributed by atoms with Gasteiger partial charge in [0.1, 0.15) is 0 Å². The number of nitrogens with two attached hydrogens (primary N) is 1. The van der Waals surface area contributed by atoms with Crippen LogP contribution in [0.4, 0.5) is 0 Å². The zero-order valence-corrected chi connectivity index (χ0v) is 13.1. The van der Waals surface area contributed by atoms with Crippen LogP contribution in [0.5, 0.6) is 0 Å². The molecule has 1 rings (SSSR count). The van der Waals surface area contributed by atoms with Crippen LogP contribution in [-0.4, -0.2) is 50.3 Å². The average molecular weight is 299 g/mol. The average Bonchev–Trinajstić information content (AvgIpc) is 2.44. The van der Waals surface area contributed by atoms with Gasteiger partial charge in [0.05, 0.1) is 0 Å². The third kappa shape index (κ3) is 4.86. The molecule has 20 heavy (non-hydrogen) atoms. The summed E-state index contributed by atoms with van der Waals surface area (Å²) in [4.78, 5) is 0. The Morgan fingerprint density at radius 2 is 1.75 bits per heavy atom. The zero-order chi connectivity index (χ0) is 15.0. The molecule has 0 aliphatic heterocycles. The lowest BCUT2D eigenvalue weighted by atomic mass is 10.1. The highest BCUT2D eigenvalue weighted by Gasteiger charge is 2.25. The van der Waals surface area contributed by atoms with E-state index in [9.17, 15) is 8.42 Å². The van der Waals surface area contributed by atoms with Crippen molar-refractivity contribution in [3.05, 3.63) is 35.9 Å². The molecule has 0 spiro atoms. The lowest BCUT2D eigenvalue weighted by Gasteiger charge is -2.27. The van der Waals surface area contributed by atoms with Gasteiger partial charge >= 0.3 is 0 Å². The molecule has 0 unspecified atom stereocenters. The van der Waals surface area contributed by atoms with E-state index in [0.29, 0.717) is 32.6 Å². The van der Waals surface area contributed by atoms with E-state index in [1.807, 2.05) is 37.3 Å². The number of hydrogen-bond donors (Lipinski definition) is 1. The molecule has 0 saturated carbocycles. The maximum absolute atomic E-state index is 12.4. The first-order valence-corrected chi connectivity index (χ1v) is 8.37. The van der Waals surface area contributed by atoms with Gasteiger partial charge in [-0.25, -0.2) is 0 Å². The second kappa shape index (κ2) is 8.36. The summed E-state index contributed by atoms with van der Waals surface area (Å²) in [6.07, 6.45) is 1.49. The van der Waals surface area contributed by atoms with Gasteiger partial charge in [-0.15, -0.1) is 0 Å². The number of rotatable bonds is 9. The molecule has 0 amide bonds. The molecule has 0 radical (unpaired) electrons. The molecule has 6 heteroatoms. The molecule has 0 saturated heterocycles. The van der Waals surface area contributed by atoms with Crippen LogP contribution < -0.4 is 5.73 Å². The first kappa shape index (κ1) is 17.1. The second-order valence-electron chi connectivity index (χ2n) is 4.75.